The van der Waals surface area contributed by atoms with E-state index in [-0.39, 0.29) is 5.57 Å². The van der Waals surface area contributed by atoms with Crippen LogP contribution >= 0.6 is 11.6 Å². The number of ether oxygens (including phenoxy) is 1. The molecule has 7 heteroatoms. The minimum atomic E-state index is -0.794. The van der Waals surface area contributed by atoms with Gasteiger partial charge in [-0.3, -0.25) is 14.9 Å². The first-order chi connectivity index (χ1) is 16.2. The first kappa shape index (κ1) is 23.3. The maximum absolute atomic E-state index is 13.3. The van der Waals surface area contributed by atoms with Crippen LogP contribution in [-0.2, 0) is 16.2 Å². The molecule has 4 amide bonds. The third-order valence-corrected chi connectivity index (χ3v) is 5.83. The van der Waals surface area contributed by atoms with Crippen LogP contribution in [0.15, 0.2) is 66.2 Å². The van der Waals surface area contributed by atoms with Gasteiger partial charge in [0.25, 0.3) is 11.8 Å². The molecule has 1 fully saturated rings. The number of nitrogens with zero attached hydrogens (tertiary/aromatic N) is 1. The molecule has 0 spiro atoms. The molecule has 0 atom stereocenters. The summed E-state index contributed by atoms with van der Waals surface area (Å²) in [4.78, 5) is 39.3. The summed E-state index contributed by atoms with van der Waals surface area (Å²) in [6.45, 7) is 6.12. The summed E-state index contributed by atoms with van der Waals surface area (Å²) < 4.78 is 5.98. The molecule has 0 aromatic heterocycles. The molecule has 4 rings (SSSR count). The predicted octanol–water partition coefficient (Wildman–Crippen LogP) is 5.51. The lowest BCUT2D eigenvalue weighted by molar-refractivity contribution is -0.122. The van der Waals surface area contributed by atoms with Gasteiger partial charge in [0.1, 0.15) is 17.9 Å². The second-order valence-electron chi connectivity index (χ2n) is 8.19. The number of aryl methyl sites for hydroxylation is 3. The Labute approximate surface area is 202 Å². The Morgan fingerprint density at radius 1 is 0.941 bits per heavy atom. The van der Waals surface area contributed by atoms with E-state index in [2.05, 4.69) is 5.32 Å². The highest BCUT2D eigenvalue weighted by atomic mass is 35.5. The van der Waals surface area contributed by atoms with Crippen LogP contribution in [0.2, 0.25) is 5.02 Å². The average Bonchev–Trinajstić information content (AvgIpc) is 2.78. The van der Waals surface area contributed by atoms with Crippen molar-refractivity contribution in [2.24, 2.45) is 0 Å². The van der Waals surface area contributed by atoms with E-state index < -0.39 is 17.8 Å². The summed E-state index contributed by atoms with van der Waals surface area (Å²) in [6, 6.07) is 17.3. The third-order valence-electron chi connectivity index (χ3n) is 5.60. The number of carbonyl (C=O) groups is 3. The normalized spacial score (nSPS) is 15.0. The molecule has 3 aromatic rings. The molecule has 1 saturated heterocycles. The molecule has 1 heterocycles. The van der Waals surface area contributed by atoms with Crippen molar-refractivity contribution < 1.29 is 19.1 Å². The van der Waals surface area contributed by atoms with Gasteiger partial charge in [-0.05, 0) is 73.9 Å². The second kappa shape index (κ2) is 9.53. The Balaban J connectivity index is 1.68. The topological polar surface area (TPSA) is 75.7 Å². The van der Waals surface area contributed by atoms with E-state index in [1.807, 2.05) is 51.1 Å². The van der Waals surface area contributed by atoms with Crippen molar-refractivity contribution >= 4 is 41.2 Å². The van der Waals surface area contributed by atoms with Crippen molar-refractivity contribution in [3.05, 3.63) is 99.1 Å². The van der Waals surface area contributed by atoms with E-state index >= 15 is 0 Å². The Morgan fingerprint density at radius 2 is 1.74 bits per heavy atom. The lowest BCUT2D eigenvalue weighted by Crippen LogP contribution is -2.54. The molecule has 0 saturated carbocycles. The highest BCUT2D eigenvalue weighted by Gasteiger charge is 2.37. The molecule has 0 bridgehead atoms. The number of imide groups is 2. The zero-order valence-corrected chi connectivity index (χ0v) is 19.8. The van der Waals surface area contributed by atoms with Crippen LogP contribution in [0, 0.1) is 20.8 Å². The largest absolute Gasteiger partial charge is 0.488 e. The lowest BCUT2D eigenvalue weighted by atomic mass is 10.0. The molecule has 1 aliphatic heterocycles. The van der Waals surface area contributed by atoms with E-state index in [1.165, 1.54) is 6.08 Å². The smallest absolute Gasteiger partial charge is 0.335 e. The number of nitrogens with one attached hydrogen (secondary N) is 1. The summed E-state index contributed by atoms with van der Waals surface area (Å²) in [7, 11) is 0. The number of hydrogen-bond acceptors (Lipinski definition) is 4. The molecule has 6 nitrogen and oxygen atoms in total. The highest BCUT2D eigenvalue weighted by Crippen LogP contribution is 2.29. The fourth-order valence-corrected chi connectivity index (χ4v) is 3.82. The number of hydrogen-bond donors (Lipinski definition) is 1. The lowest BCUT2D eigenvalue weighted by Gasteiger charge is -2.27. The van der Waals surface area contributed by atoms with Crippen LogP contribution in [-0.4, -0.2) is 17.8 Å². The molecule has 1 N–H and O–H groups in total. The minimum absolute atomic E-state index is 0.194. The number of anilines is 1. The van der Waals surface area contributed by atoms with Gasteiger partial charge in [-0.25, -0.2) is 9.69 Å². The number of barbiturate groups is 1. The monoisotopic (exact) mass is 474 g/mol. The van der Waals surface area contributed by atoms with Crippen molar-refractivity contribution in [1.82, 2.24) is 5.32 Å². The highest BCUT2D eigenvalue weighted by molar-refractivity contribution is 6.39. The van der Waals surface area contributed by atoms with Gasteiger partial charge in [-0.1, -0.05) is 47.5 Å². The van der Waals surface area contributed by atoms with Gasteiger partial charge in [0, 0.05) is 10.6 Å². The van der Waals surface area contributed by atoms with Crippen LogP contribution in [0.4, 0.5) is 10.5 Å². The first-order valence-corrected chi connectivity index (χ1v) is 11.1. The Bertz CT molecular complexity index is 1350. The maximum Gasteiger partial charge on any atom is 0.335 e. The van der Waals surface area contributed by atoms with E-state index in [0.717, 1.165) is 27.2 Å². The first-order valence-electron chi connectivity index (χ1n) is 10.7. The average molecular weight is 475 g/mol. The van der Waals surface area contributed by atoms with Crippen molar-refractivity contribution in [2.75, 3.05) is 4.90 Å². The molecule has 0 unspecified atom stereocenters. The summed E-state index contributed by atoms with van der Waals surface area (Å²) in [5, 5.41) is 2.66. The minimum Gasteiger partial charge on any atom is -0.488 e. The van der Waals surface area contributed by atoms with E-state index in [1.54, 1.807) is 30.3 Å². The van der Waals surface area contributed by atoms with Crippen LogP contribution < -0.4 is 15.0 Å². The van der Waals surface area contributed by atoms with Crippen molar-refractivity contribution in [3.8, 4) is 5.75 Å². The fraction of sp³-hybridized carbons (Fsp3) is 0.148. The van der Waals surface area contributed by atoms with Gasteiger partial charge in [0.2, 0.25) is 0 Å². The SMILES string of the molecule is Cc1cccc(COc2ccc(Cl)cc2/C=C2\C(=O)NC(=O)N(c3ccc(C)c(C)c3)C2=O)c1. The fourth-order valence-electron chi connectivity index (χ4n) is 3.64. The van der Waals surface area contributed by atoms with Crippen LogP contribution in [0.25, 0.3) is 6.08 Å². The van der Waals surface area contributed by atoms with Gasteiger partial charge < -0.3 is 4.74 Å². The van der Waals surface area contributed by atoms with Crippen molar-refractivity contribution in [3.63, 3.8) is 0 Å². The van der Waals surface area contributed by atoms with Crippen LogP contribution in [0.3, 0.4) is 0 Å². The summed E-state index contributed by atoms with van der Waals surface area (Å²) >= 11 is 6.19. The molecular weight excluding hydrogens is 452 g/mol. The zero-order valence-electron chi connectivity index (χ0n) is 19.0. The Hall–Kier alpha value is -3.90. The zero-order chi connectivity index (χ0) is 24.4. The third kappa shape index (κ3) is 4.87. The summed E-state index contributed by atoms with van der Waals surface area (Å²) in [6.07, 6.45) is 1.40. The second-order valence-corrected chi connectivity index (χ2v) is 8.62. The molecule has 0 radical (unpaired) electrons. The number of benzene rings is 3. The van der Waals surface area contributed by atoms with Gasteiger partial charge in [0.05, 0.1) is 5.69 Å². The van der Waals surface area contributed by atoms with Gasteiger partial charge in [-0.15, -0.1) is 0 Å². The van der Waals surface area contributed by atoms with Gasteiger partial charge >= 0.3 is 6.03 Å². The molecule has 1 aliphatic rings. The summed E-state index contributed by atoms with van der Waals surface area (Å²) in [5.41, 5.74) is 4.67. The van der Waals surface area contributed by atoms with Crippen molar-refractivity contribution in [1.29, 1.82) is 0 Å². The van der Waals surface area contributed by atoms with Crippen LogP contribution in [0.5, 0.6) is 5.75 Å². The maximum atomic E-state index is 13.3. The Kier molecular flexibility index (Phi) is 6.52. The molecule has 34 heavy (non-hydrogen) atoms. The summed E-state index contributed by atoms with van der Waals surface area (Å²) in [5.74, 6) is -1.05. The van der Waals surface area contributed by atoms with E-state index in [9.17, 15) is 14.4 Å². The number of amides is 4. The van der Waals surface area contributed by atoms with E-state index in [4.69, 9.17) is 16.3 Å². The number of urea groups is 1. The number of carbonyl (C=O) groups excluding carboxylic acids is 3. The standard InChI is InChI=1S/C27H23ClN2O4/c1-16-5-4-6-19(11-16)15-34-24-10-8-21(28)13-20(24)14-23-25(31)29-27(33)30(26(23)32)22-9-7-17(2)18(3)12-22/h4-14H,15H2,1-3H3,(H,29,31,33)/b23-14+. The predicted molar refractivity (Wildman–Crippen MR) is 132 cm³/mol. The Morgan fingerprint density at radius 3 is 2.47 bits per heavy atom. The molecule has 3 aromatic carbocycles. The van der Waals surface area contributed by atoms with Crippen LogP contribution in [0.1, 0.15) is 27.8 Å². The molecule has 0 aliphatic carbocycles. The number of rotatable bonds is 5. The quantitative estimate of drug-likeness (QED) is 0.390. The number of halogens is 1. The van der Waals surface area contributed by atoms with E-state index in [0.29, 0.717) is 28.6 Å². The molecule has 172 valence electrons. The van der Waals surface area contributed by atoms with Crippen molar-refractivity contribution in [2.45, 2.75) is 27.4 Å². The van der Waals surface area contributed by atoms with Gasteiger partial charge in [0.15, 0.2) is 0 Å². The molecular formula is C27H23ClN2O4. The van der Waals surface area contributed by atoms with Gasteiger partial charge in [-0.2, -0.15) is 0 Å².